The van der Waals surface area contributed by atoms with Crippen molar-refractivity contribution in [3.63, 3.8) is 0 Å². The van der Waals surface area contributed by atoms with Crippen LogP contribution in [0.1, 0.15) is 34.5 Å². The Kier molecular flexibility index (Phi) is 7.75. The number of carbonyl (C=O) groups excluding carboxylic acids is 3. The minimum atomic E-state index is -0.711. The van der Waals surface area contributed by atoms with Gasteiger partial charge in [0.2, 0.25) is 0 Å². The van der Waals surface area contributed by atoms with Crippen molar-refractivity contribution in [1.82, 2.24) is 9.80 Å². The SMILES string of the molecule is O=C(OCC(=O)N(CCc1ccccc1)Cc1ccccc1)C1CCCN1C(=O)c1ccco1. The summed E-state index contributed by atoms with van der Waals surface area (Å²) in [6, 6.07) is 22.2. The molecule has 3 aromatic rings. The lowest BCUT2D eigenvalue weighted by Crippen LogP contribution is -2.43. The summed E-state index contributed by atoms with van der Waals surface area (Å²) in [7, 11) is 0. The van der Waals surface area contributed by atoms with Crippen LogP contribution in [-0.4, -0.2) is 53.3 Å². The van der Waals surface area contributed by atoms with Gasteiger partial charge in [0.05, 0.1) is 6.26 Å². The Morgan fingerprint density at radius 1 is 0.941 bits per heavy atom. The Bertz CT molecular complexity index is 1080. The number of amides is 2. The third-order valence-corrected chi connectivity index (χ3v) is 5.94. The van der Waals surface area contributed by atoms with Gasteiger partial charge in [-0.15, -0.1) is 0 Å². The van der Waals surface area contributed by atoms with Gasteiger partial charge < -0.3 is 19.0 Å². The van der Waals surface area contributed by atoms with Gasteiger partial charge in [0.25, 0.3) is 11.8 Å². The number of ether oxygens (including phenoxy) is 1. The summed E-state index contributed by atoms with van der Waals surface area (Å²) in [4.78, 5) is 41.6. The van der Waals surface area contributed by atoms with Gasteiger partial charge in [0, 0.05) is 19.6 Å². The molecule has 1 atom stereocenters. The van der Waals surface area contributed by atoms with Crippen molar-refractivity contribution in [2.24, 2.45) is 0 Å². The zero-order valence-electron chi connectivity index (χ0n) is 19.0. The monoisotopic (exact) mass is 460 g/mol. The number of furan rings is 1. The molecule has 0 N–H and O–H groups in total. The zero-order chi connectivity index (χ0) is 23.8. The first-order valence-corrected chi connectivity index (χ1v) is 11.5. The molecule has 0 spiro atoms. The van der Waals surface area contributed by atoms with E-state index in [1.807, 2.05) is 60.7 Å². The molecule has 2 aromatic carbocycles. The summed E-state index contributed by atoms with van der Waals surface area (Å²) in [5, 5.41) is 0. The summed E-state index contributed by atoms with van der Waals surface area (Å²) >= 11 is 0. The van der Waals surface area contributed by atoms with E-state index in [9.17, 15) is 14.4 Å². The van der Waals surface area contributed by atoms with Crippen LogP contribution >= 0.6 is 0 Å². The van der Waals surface area contributed by atoms with Crippen LogP contribution in [0, 0.1) is 0 Å². The Morgan fingerprint density at radius 3 is 2.32 bits per heavy atom. The summed E-state index contributed by atoms with van der Waals surface area (Å²) < 4.78 is 10.6. The van der Waals surface area contributed by atoms with Crippen LogP contribution in [0.4, 0.5) is 0 Å². The van der Waals surface area contributed by atoms with E-state index in [0.29, 0.717) is 38.9 Å². The standard InChI is InChI=1S/C27H28N2O5/c30-25(20-34-27(32)23-13-7-16-29(23)26(31)24-14-8-18-33-24)28(19-22-11-5-2-6-12-22)17-15-21-9-3-1-4-10-21/h1-6,8-12,14,18,23H,7,13,15-17,19-20H2. The number of likely N-dealkylation sites (tertiary alicyclic amines) is 1. The lowest BCUT2D eigenvalue weighted by molar-refractivity contribution is -0.155. The van der Waals surface area contributed by atoms with Crippen LogP contribution in [0.5, 0.6) is 0 Å². The largest absolute Gasteiger partial charge is 0.459 e. The molecule has 7 nitrogen and oxygen atoms in total. The molecule has 2 amide bonds. The number of esters is 1. The molecule has 1 fully saturated rings. The summed E-state index contributed by atoms with van der Waals surface area (Å²) in [6.45, 7) is 1.02. The number of hydrogen-bond acceptors (Lipinski definition) is 5. The van der Waals surface area contributed by atoms with E-state index in [-0.39, 0.29) is 24.2 Å². The predicted molar refractivity (Wildman–Crippen MR) is 126 cm³/mol. The van der Waals surface area contributed by atoms with Gasteiger partial charge in [-0.05, 0) is 42.5 Å². The fraction of sp³-hybridized carbons (Fsp3) is 0.296. The van der Waals surface area contributed by atoms with Crippen molar-refractivity contribution in [2.75, 3.05) is 19.7 Å². The molecular weight excluding hydrogens is 432 g/mol. The molecule has 0 saturated carbocycles. The average molecular weight is 461 g/mol. The summed E-state index contributed by atoms with van der Waals surface area (Å²) in [5.41, 5.74) is 2.13. The molecule has 1 unspecified atom stereocenters. The topological polar surface area (TPSA) is 80.1 Å². The Balaban J connectivity index is 1.37. The normalized spacial score (nSPS) is 15.2. The predicted octanol–water partition coefficient (Wildman–Crippen LogP) is 3.70. The van der Waals surface area contributed by atoms with E-state index in [2.05, 4.69) is 0 Å². The van der Waals surface area contributed by atoms with Crippen molar-refractivity contribution in [3.8, 4) is 0 Å². The third kappa shape index (κ3) is 5.92. The number of nitrogens with zero attached hydrogens (tertiary/aromatic N) is 2. The van der Waals surface area contributed by atoms with Crippen molar-refractivity contribution in [3.05, 3.63) is 95.9 Å². The maximum Gasteiger partial charge on any atom is 0.329 e. The van der Waals surface area contributed by atoms with Crippen LogP contribution < -0.4 is 0 Å². The minimum absolute atomic E-state index is 0.186. The highest BCUT2D eigenvalue weighted by atomic mass is 16.5. The molecule has 1 aliphatic rings. The van der Waals surface area contributed by atoms with Gasteiger partial charge in [-0.25, -0.2) is 4.79 Å². The van der Waals surface area contributed by atoms with Crippen LogP contribution in [0.3, 0.4) is 0 Å². The van der Waals surface area contributed by atoms with E-state index in [0.717, 1.165) is 11.1 Å². The minimum Gasteiger partial charge on any atom is -0.459 e. The van der Waals surface area contributed by atoms with Crippen LogP contribution in [0.2, 0.25) is 0 Å². The second-order valence-electron chi connectivity index (χ2n) is 8.28. The molecule has 0 aliphatic carbocycles. The summed E-state index contributed by atoms with van der Waals surface area (Å²) in [5.74, 6) is -0.987. The van der Waals surface area contributed by atoms with Gasteiger partial charge in [0.15, 0.2) is 12.4 Å². The molecule has 34 heavy (non-hydrogen) atoms. The maximum atomic E-state index is 13.0. The molecule has 0 bridgehead atoms. The molecule has 7 heteroatoms. The fourth-order valence-corrected chi connectivity index (χ4v) is 4.12. The first-order valence-electron chi connectivity index (χ1n) is 11.5. The fourth-order valence-electron chi connectivity index (χ4n) is 4.12. The summed E-state index contributed by atoms with van der Waals surface area (Å²) in [6.07, 6.45) is 3.31. The van der Waals surface area contributed by atoms with E-state index in [1.54, 1.807) is 17.0 Å². The number of carbonyl (C=O) groups is 3. The highest BCUT2D eigenvalue weighted by Gasteiger charge is 2.37. The van der Waals surface area contributed by atoms with Crippen molar-refractivity contribution in [2.45, 2.75) is 31.8 Å². The lowest BCUT2D eigenvalue weighted by atomic mass is 10.1. The molecule has 1 aromatic heterocycles. The van der Waals surface area contributed by atoms with Gasteiger partial charge >= 0.3 is 5.97 Å². The second-order valence-corrected chi connectivity index (χ2v) is 8.28. The maximum absolute atomic E-state index is 13.0. The van der Waals surface area contributed by atoms with Crippen LogP contribution in [0.15, 0.2) is 83.5 Å². The number of rotatable bonds is 9. The van der Waals surface area contributed by atoms with Gasteiger partial charge in [-0.1, -0.05) is 60.7 Å². The first kappa shape index (κ1) is 23.3. The Hall–Kier alpha value is -3.87. The van der Waals surface area contributed by atoms with E-state index < -0.39 is 12.0 Å². The molecule has 2 heterocycles. The van der Waals surface area contributed by atoms with Gasteiger partial charge in [-0.2, -0.15) is 0 Å². The average Bonchev–Trinajstić information content (AvgIpc) is 3.58. The number of benzene rings is 2. The van der Waals surface area contributed by atoms with E-state index >= 15 is 0 Å². The highest BCUT2D eigenvalue weighted by Crippen LogP contribution is 2.21. The van der Waals surface area contributed by atoms with Gasteiger partial charge in [-0.3, -0.25) is 9.59 Å². The molecule has 4 rings (SSSR count). The molecule has 176 valence electrons. The van der Waals surface area contributed by atoms with E-state index in [4.69, 9.17) is 9.15 Å². The molecule has 1 saturated heterocycles. The smallest absolute Gasteiger partial charge is 0.329 e. The lowest BCUT2D eigenvalue weighted by Gasteiger charge is -2.25. The second kappa shape index (κ2) is 11.3. The first-order chi connectivity index (χ1) is 16.6. The van der Waals surface area contributed by atoms with Crippen molar-refractivity contribution in [1.29, 1.82) is 0 Å². The number of hydrogen-bond donors (Lipinski definition) is 0. The highest BCUT2D eigenvalue weighted by molar-refractivity contribution is 5.95. The quantitative estimate of drug-likeness (QED) is 0.455. The van der Waals surface area contributed by atoms with Crippen LogP contribution in [-0.2, 0) is 27.3 Å². The van der Waals surface area contributed by atoms with Crippen molar-refractivity contribution < 1.29 is 23.5 Å². The molecule has 0 radical (unpaired) electrons. The Morgan fingerprint density at radius 2 is 1.65 bits per heavy atom. The van der Waals surface area contributed by atoms with E-state index in [1.165, 1.54) is 11.2 Å². The zero-order valence-corrected chi connectivity index (χ0v) is 19.0. The van der Waals surface area contributed by atoms with Crippen LogP contribution in [0.25, 0.3) is 0 Å². The molecule has 1 aliphatic heterocycles. The molecular formula is C27H28N2O5. The van der Waals surface area contributed by atoms with Gasteiger partial charge in [0.1, 0.15) is 6.04 Å². The Labute approximate surface area is 198 Å². The van der Waals surface area contributed by atoms with Crippen molar-refractivity contribution >= 4 is 17.8 Å². The third-order valence-electron chi connectivity index (χ3n) is 5.94.